The van der Waals surface area contributed by atoms with Crippen LogP contribution in [0.5, 0.6) is 0 Å². The van der Waals surface area contributed by atoms with E-state index < -0.39 is 0 Å². The zero-order valence-corrected chi connectivity index (χ0v) is 17.6. The summed E-state index contributed by atoms with van der Waals surface area (Å²) in [5.74, 6) is 1.81. The van der Waals surface area contributed by atoms with Crippen molar-refractivity contribution < 1.29 is 4.74 Å². The first kappa shape index (κ1) is 20.8. The molecule has 0 radical (unpaired) electrons. The topological polar surface area (TPSA) is 39.1 Å². The molecule has 0 saturated heterocycles. The molecule has 0 aliphatic heterocycles. The average Bonchev–Trinajstić information content (AvgIpc) is 2.95. The van der Waals surface area contributed by atoms with Gasteiger partial charge in [0.25, 0.3) is 0 Å². The summed E-state index contributed by atoms with van der Waals surface area (Å²) in [7, 11) is 1.80. The number of rotatable bonds is 10. The molecule has 4 nitrogen and oxygen atoms in total. The largest absolute Gasteiger partial charge is 0.385 e. The van der Waals surface area contributed by atoms with Gasteiger partial charge >= 0.3 is 0 Å². The molecule has 0 fully saturated rings. The first-order valence-corrected chi connectivity index (χ1v) is 10.1. The van der Waals surface area contributed by atoms with Gasteiger partial charge in [-0.15, -0.1) is 0 Å². The Morgan fingerprint density at radius 1 is 1.19 bits per heavy atom. The summed E-state index contributed by atoms with van der Waals surface area (Å²) in [6, 6.07) is 6.58. The Labute approximate surface area is 159 Å². The fourth-order valence-electron chi connectivity index (χ4n) is 3.56. The van der Waals surface area contributed by atoms with E-state index in [2.05, 4.69) is 62.7 Å². The van der Waals surface area contributed by atoms with E-state index in [4.69, 9.17) is 9.72 Å². The Morgan fingerprint density at radius 2 is 1.96 bits per heavy atom. The van der Waals surface area contributed by atoms with Gasteiger partial charge in [-0.3, -0.25) is 0 Å². The number of hydrogen-bond acceptors (Lipinski definition) is 3. The van der Waals surface area contributed by atoms with Crippen LogP contribution >= 0.6 is 0 Å². The zero-order chi connectivity index (χ0) is 19.2. The molecule has 0 aliphatic carbocycles. The SMILES string of the molecule is CCCCC(CCOC)Cn1c(C(C)(C)C)nc2cc(NCC)ccc21. The van der Waals surface area contributed by atoms with E-state index in [1.165, 1.54) is 30.6 Å². The Morgan fingerprint density at radius 3 is 2.58 bits per heavy atom. The number of nitrogens with one attached hydrogen (secondary N) is 1. The van der Waals surface area contributed by atoms with Gasteiger partial charge < -0.3 is 14.6 Å². The molecule has 2 aromatic rings. The third-order valence-corrected chi connectivity index (χ3v) is 4.94. The third-order valence-electron chi connectivity index (χ3n) is 4.94. The van der Waals surface area contributed by atoms with E-state index >= 15 is 0 Å². The van der Waals surface area contributed by atoms with Gasteiger partial charge in [0.15, 0.2) is 0 Å². The predicted molar refractivity (Wildman–Crippen MR) is 112 cm³/mol. The number of aromatic nitrogens is 2. The van der Waals surface area contributed by atoms with Crippen LogP contribution in [0, 0.1) is 5.92 Å². The maximum atomic E-state index is 5.37. The molecule has 1 aromatic heterocycles. The fourth-order valence-corrected chi connectivity index (χ4v) is 3.56. The van der Waals surface area contributed by atoms with Crippen LogP contribution in [0.1, 0.15) is 66.1 Å². The van der Waals surface area contributed by atoms with Crippen molar-refractivity contribution in [1.29, 1.82) is 0 Å². The normalized spacial score (nSPS) is 13.3. The van der Waals surface area contributed by atoms with Gasteiger partial charge in [-0.2, -0.15) is 0 Å². The highest BCUT2D eigenvalue weighted by Crippen LogP contribution is 2.30. The first-order chi connectivity index (χ1) is 12.4. The number of anilines is 1. The molecule has 0 aliphatic rings. The summed E-state index contributed by atoms with van der Waals surface area (Å²) in [5, 5.41) is 3.40. The highest BCUT2D eigenvalue weighted by molar-refractivity contribution is 5.80. The van der Waals surface area contributed by atoms with E-state index in [9.17, 15) is 0 Å². The number of benzene rings is 1. The second-order valence-electron chi connectivity index (χ2n) is 8.32. The number of imidazole rings is 1. The number of nitrogens with zero attached hydrogens (tertiary/aromatic N) is 2. The highest BCUT2D eigenvalue weighted by Gasteiger charge is 2.24. The van der Waals surface area contributed by atoms with Crippen LogP contribution in [0.4, 0.5) is 5.69 Å². The van der Waals surface area contributed by atoms with Gasteiger partial charge in [-0.25, -0.2) is 4.98 Å². The molecule has 2 rings (SSSR count). The minimum atomic E-state index is 0.0218. The van der Waals surface area contributed by atoms with Crippen LogP contribution in [0.15, 0.2) is 18.2 Å². The van der Waals surface area contributed by atoms with Crippen molar-refractivity contribution in [2.24, 2.45) is 5.92 Å². The molecule has 1 N–H and O–H groups in total. The lowest BCUT2D eigenvalue weighted by atomic mass is 9.94. The monoisotopic (exact) mass is 359 g/mol. The molecule has 26 heavy (non-hydrogen) atoms. The van der Waals surface area contributed by atoms with Crippen LogP contribution in [0.2, 0.25) is 0 Å². The predicted octanol–water partition coefficient (Wildman–Crippen LogP) is 5.61. The molecule has 1 atom stereocenters. The second-order valence-corrected chi connectivity index (χ2v) is 8.32. The van der Waals surface area contributed by atoms with Gasteiger partial charge in [-0.1, -0.05) is 40.5 Å². The summed E-state index contributed by atoms with van der Waals surface area (Å²) in [5.41, 5.74) is 3.50. The molecule has 146 valence electrons. The summed E-state index contributed by atoms with van der Waals surface area (Å²) < 4.78 is 7.83. The third kappa shape index (κ3) is 5.23. The Balaban J connectivity index is 2.40. The van der Waals surface area contributed by atoms with Crippen molar-refractivity contribution in [2.75, 3.05) is 25.6 Å². The van der Waals surface area contributed by atoms with Crippen LogP contribution in [0.3, 0.4) is 0 Å². The van der Waals surface area contributed by atoms with Crippen molar-refractivity contribution in [3.8, 4) is 0 Å². The van der Waals surface area contributed by atoms with E-state index in [-0.39, 0.29) is 5.41 Å². The summed E-state index contributed by atoms with van der Waals surface area (Å²) in [6.07, 6.45) is 4.87. The second kappa shape index (κ2) is 9.40. The van der Waals surface area contributed by atoms with Crippen LogP contribution in [0.25, 0.3) is 11.0 Å². The standard InChI is InChI=1S/C22H37N3O/c1-7-9-10-17(13-14-26-6)16-25-20-12-11-18(23-8-2)15-19(20)24-21(25)22(3,4)5/h11-12,15,17,23H,7-10,13-14,16H2,1-6H3. The minimum Gasteiger partial charge on any atom is -0.385 e. The zero-order valence-electron chi connectivity index (χ0n) is 17.6. The highest BCUT2D eigenvalue weighted by atomic mass is 16.5. The Bertz CT molecular complexity index is 676. The van der Waals surface area contributed by atoms with Gasteiger partial charge in [0.2, 0.25) is 0 Å². The van der Waals surface area contributed by atoms with Gasteiger partial charge in [-0.05, 0) is 43.9 Å². The van der Waals surface area contributed by atoms with Crippen LogP contribution in [-0.2, 0) is 16.7 Å². The van der Waals surface area contributed by atoms with Crippen molar-refractivity contribution in [1.82, 2.24) is 9.55 Å². The van der Waals surface area contributed by atoms with Crippen LogP contribution in [-0.4, -0.2) is 29.8 Å². The van der Waals surface area contributed by atoms with Gasteiger partial charge in [0.05, 0.1) is 11.0 Å². The molecule has 0 saturated carbocycles. The molecule has 1 unspecified atom stereocenters. The van der Waals surface area contributed by atoms with Crippen LogP contribution < -0.4 is 5.32 Å². The van der Waals surface area contributed by atoms with Gasteiger partial charge in [0.1, 0.15) is 5.82 Å². The lowest BCUT2D eigenvalue weighted by Gasteiger charge is -2.24. The number of unbranched alkanes of at least 4 members (excludes halogenated alkanes) is 1. The minimum absolute atomic E-state index is 0.0218. The Hall–Kier alpha value is -1.55. The maximum absolute atomic E-state index is 5.37. The molecule has 1 aromatic carbocycles. The fraction of sp³-hybridized carbons (Fsp3) is 0.682. The quantitative estimate of drug-likeness (QED) is 0.599. The van der Waals surface area contributed by atoms with Crippen molar-refractivity contribution in [2.45, 2.75) is 72.3 Å². The van der Waals surface area contributed by atoms with E-state index in [1.54, 1.807) is 7.11 Å². The number of ether oxygens (including phenoxy) is 1. The first-order valence-electron chi connectivity index (χ1n) is 10.1. The van der Waals surface area contributed by atoms with E-state index in [1.807, 2.05) is 0 Å². The molecule has 0 bridgehead atoms. The number of hydrogen-bond donors (Lipinski definition) is 1. The van der Waals surface area contributed by atoms with Crippen molar-refractivity contribution in [3.63, 3.8) is 0 Å². The van der Waals surface area contributed by atoms with Crippen molar-refractivity contribution >= 4 is 16.7 Å². The van der Waals surface area contributed by atoms with Crippen molar-refractivity contribution in [3.05, 3.63) is 24.0 Å². The average molecular weight is 360 g/mol. The van der Waals surface area contributed by atoms with E-state index in [0.717, 1.165) is 37.3 Å². The number of methoxy groups -OCH3 is 1. The molecule has 1 heterocycles. The summed E-state index contributed by atoms with van der Waals surface area (Å²) >= 11 is 0. The maximum Gasteiger partial charge on any atom is 0.115 e. The van der Waals surface area contributed by atoms with Gasteiger partial charge in [0, 0.05) is 37.9 Å². The molecule has 0 spiro atoms. The molecule has 0 amide bonds. The lowest BCUT2D eigenvalue weighted by molar-refractivity contribution is 0.169. The summed E-state index contributed by atoms with van der Waals surface area (Å²) in [4.78, 5) is 5.03. The molecular formula is C22H37N3O. The smallest absolute Gasteiger partial charge is 0.115 e. The Kier molecular flexibility index (Phi) is 7.51. The molecular weight excluding hydrogens is 322 g/mol. The summed E-state index contributed by atoms with van der Waals surface area (Å²) in [6.45, 7) is 13.9. The molecule has 4 heteroatoms. The lowest BCUT2D eigenvalue weighted by Crippen LogP contribution is -2.22. The van der Waals surface area contributed by atoms with E-state index in [0.29, 0.717) is 5.92 Å². The number of fused-ring (bicyclic) bond motifs is 1.